The third-order valence-electron chi connectivity index (χ3n) is 3.41. The summed E-state index contributed by atoms with van der Waals surface area (Å²) < 4.78 is 38.7. The Morgan fingerprint density at radius 2 is 1.88 bits per heavy atom. The van der Waals surface area contributed by atoms with Crippen LogP contribution in [0.15, 0.2) is 53.5 Å². The second kappa shape index (κ2) is 9.19. The van der Waals surface area contributed by atoms with E-state index in [1.54, 1.807) is 18.2 Å². The van der Waals surface area contributed by atoms with Crippen molar-refractivity contribution in [1.82, 2.24) is 10.6 Å². The van der Waals surface area contributed by atoms with E-state index in [1.165, 1.54) is 12.1 Å². The molecular formula is C18H23FN4O2S. The number of nitrogens with zero attached hydrogens (tertiary/aromatic N) is 1. The van der Waals surface area contributed by atoms with Crippen LogP contribution in [-0.2, 0) is 23.1 Å². The molecule has 0 unspecified atom stereocenters. The number of halogens is 1. The number of anilines is 1. The van der Waals surface area contributed by atoms with E-state index in [1.807, 2.05) is 25.1 Å². The number of benzene rings is 2. The van der Waals surface area contributed by atoms with Crippen molar-refractivity contribution in [3.05, 3.63) is 65.5 Å². The summed E-state index contributed by atoms with van der Waals surface area (Å²) in [4.78, 5) is 4.43. The molecule has 0 atom stereocenters. The molecule has 26 heavy (non-hydrogen) atoms. The molecule has 0 aliphatic heterocycles. The quantitative estimate of drug-likeness (QED) is 0.511. The Labute approximate surface area is 153 Å². The third-order valence-corrected chi connectivity index (χ3v) is 4.00. The summed E-state index contributed by atoms with van der Waals surface area (Å²) >= 11 is 0. The SMILES string of the molecule is CCNC(=NCc1cccc(F)c1)NCc1ccccc1NS(C)(=O)=O. The molecule has 0 amide bonds. The maximum atomic E-state index is 13.3. The third kappa shape index (κ3) is 6.72. The van der Waals surface area contributed by atoms with E-state index in [2.05, 4.69) is 20.3 Å². The predicted octanol–water partition coefficient (Wildman–Crippen LogP) is 2.45. The highest BCUT2D eigenvalue weighted by atomic mass is 32.2. The number of guanidine groups is 1. The van der Waals surface area contributed by atoms with E-state index >= 15 is 0 Å². The van der Waals surface area contributed by atoms with Crippen LogP contribution in [0.2, 0.25) is 0 Å². The smallest absolute Gasteiger partial charge is 0.229 e. The summed E-state index contributed by atoms with van der Waals surface area (Å²) in [5.74, 6) is 0.266. The number of hydrogen-bond donors (Lipinski definition) is 3. The first-order valence-electron chi connectivity index (χ1n) is 8.19. The number of nitrogens with one attached hydrogen (secondary N) is 3. The normalized spacial score (nSPS) is 11.9. The van der Waals surface area contributed by atoms with Crippen LogP contribution in [-0.4, -0.2) is 27.2 Å². The Bertz CT molecular complexity index is 869. The molecule has 0 spiro atoms. The minimum absolute atomic E-state index is 0.295. The van der Waals surface area contributed by atoms with Gasteiger partial charge in [-0.1, -0.05) is 30.3 Å². The van der Waals surface area contributed by atoms with Crippen molar-refractivity contribution in [2.24, 2.45) is 4.99 Å². The Balaban J connectivity index is 2.08. The van der Waals surface area contributed by atoms with Crippen LogP contribution in [0.3, 0.4) is 0 Å². The van der Waals surface area contributed by atoms with Crippen LogP contribution in [0, 0.1) is 5.82 Å². The van der Waals surface area contributed by atoms with Gasteiger partial charge in [0.1, 0.15) is 5.82 Å². The lowest BCUT2D eigenvalue weighted by Gasteiger charge is -2.14. The Hall–Kier alpha value is -2.61. The average Bonchev–Trinajstić information content (AvgIpc) is 2.57. The summed E-state index contributed by atoms with van der Waals surface area (Å²) in [5, 5.41) is 6.27. The summed E-state index contributed by atoms with van der Waals surface area (Å²) in [7, 11) is -3.36. The van der Waals surface area contributed by atoms with Crippen molar-refractivity contribution in [3.63, 3.8) is 0 Å². The number of sulfonamides is 1. The van der Waals surface area contributed by atoms with E-state index in [-0.39, 0.29) is 5.82 Å². The van der Waals surface area contributed by atoms with Crippen LogP contribution in [0.4, 0.5) is 10.1 Å². The van der Waals surface area contributed by atoms with Gasteiger partial charge in [0.25, 0.3) is 0 Å². The fourth-order valence-electron chi connectivity index (χ4n) is 2.30. The van der Waals surface area contributed by atoms with Crippen LogP contribution in [0.25, 0.3) is 0 Å². The standard InChI is InChI=1S/C18H23FN4O2S/c1-3-20-18(21-12-14-7-6-9-16(19)11-14)22-13-15-8-4-5-10-17(15)23-26(2,24)25/h4-11,23H,3,12-13H2,1-2H3,(H2,20,21,22). The zero-order valence-corrected chi connectivity index (χ0v) is 15.6. The van der Waals surface area contributed by atoms with Crippen molar-refractivity contribution >= 4 is 21.7 Å². The number of rotatable bonds is 7. The van der Waals surface area contributed by atoms with E-state index in [4.69, 9.17) is 0 Å². The van der Waals surface area contributed by atoms with Crippen LogP contribution in [0.5, 0.6) is 0 Å². The van der Waals surface area contributed by atoms with Gasteiger partial charge in [-0.05, 0) is 36.2 Å². The van der Waals surface area contributed by atoms with Gasteiger partial charge in [-0.15, -0.1) is 0 Å². The van der Waals surface area contributed by atoms with Crippen molar-refractivity contribution in [3.8, 4) is 0 Å². The van der Waals surface area contributed by atoms with Gasteiger partial charge >= 0.3 is 0 Å². The lowest BCUT2D eigenvalue weighted by Crippen LogP contribution is -2.37. The highest BCUT2D eigenvalue weighted by Gasteiger charge is 2.07. The Morgan fingerprint density at radius 1 is 1.12 bits per heavy atom. The van der Waals surface area contributed by atoms with Gasteiger partial charge in [0.2, 0.25) is 10.0 Å². The molecule has 2 rings (SSSR count). The minimum Gasteiger partial charge on any atom is -0.357 e. The fraction of sp³-hybridized carbons (Fsp3) is 0.278. The molecule has 0 saturated heterocycles. The van der Waals surface area contributed by atoms with Gasteiger partial charge in [0.15, 0.2) is 5.96 Å². The first kappa shape index (κ1) is 19.7. The molecule has 8 heteroatoms. The topological polar surface area (TPSA) is 82.6 Å². The highest BCUT2D eigenvalue weighted by Crippen LogP contribution is 2.16. The van der Waals surface area contributed by atoms with Gasteiger partial charge in [0, 0.05) is 13.1 Å². The van der Waals surface area contributed by atoms with E-state index in [9.17, 15) is 12.8 Å². The van der Waals surface area contributed by atoms with Gasteiger partial charge in [-0.2, -0.15) is 0 Å². The molecule has 0 radical (unpaired) electrons. The molecule has 0 aliphatic carbocycles. The van der Waals surface area contributed by atoms with E-state index in [0.717, 1.165) is 17.4 Å². The zero-order valence-electron chi connectivity index (χ0n) is 14.8. The first-order valence-corrected chi connectivity index (χ1v) is 10.1. The molecule has 2 aromatic rings. The zero-order chi connectivity index (χ0) is 19.0. The van der Waals surface area contributed by atoms with E-state index in [0.29, 0.717) is 31.3 Å². The molecule has 0 heterocycles. The van der Waals surface area contributed by atoms with Crippen LogP contribution >= 0.6 is 0 Å². The molecule has 0 aromatic heterocycles. The maximum absolute atomic E-state index is 13.3. The predicted molar refractivity (Wildman–Crippen MR) is 103 cm³/mol. The monoisotopic (exact) mass is 378 g/mol. The molecule has 2 aromatic carbocycles. The van der Waals surface area contributed by atoms with Gasteiger partial charge in [-0.3, -0.25) is 4.72 Å². The van der Waals surface area contributed by atoms with Crippen molar-refractivity contribution < 1.29 is 12.8 Å². The molecular weight excluding hydrogens is 355 g/mol. The molecule has 0 saturated carbocycles. The Morgan fingerprint density at radius 3 is 2.58 bits per heavy atom. The lowest BCUT2D eigenvalue weighted by atomic mass is 10.2. The van der Waals surface area contributed by atoms with Crippen molar-refractivity contribution in [2.45, 2.75) is 20.0 Å². The first-order chi connectivity index (χ1) is 12.4. The molecule has 0 aliphatic rings. The average molecular weight is 378 g/mol. The summed E-state index contributed by atoms with van der Waals surface area (Å²) in [6.45, 7) is 3.32. The number of para-hydroxylation sites is 1. The molecule has 6 nitrogen and oxygen atoms in total. The van der Waals surface area contributed by atoms with Gasteiger partial charge < -0.3 is 10.6 Å². The van der Waals surface area contributed by atoms with Crippen molar-refractivity contribution in [2.75, 3.05) is 17.5 Å². The highest BCUT2D eigenvalue weighted by molar-refractivity contribution is 7.92. The Kier molecular flexibility index (Phi) is 6.97. The van der Waals surface area contributed by atoms with Gasteiger partial charge in [-0.25, -0.2) is 17.8 Å². The second-order valence-electron chi connectivity index (χ2n) is 5.71. The number of hydrogen-bond acceptors (Lipinski definition) is 3. The molecule has 140 valence electrons. The minimum atomic E-state index is -3.36. The maximum Gasteiger partial charge on any atom is 0.229 e. The van der Waals surface area contributed by atoms with Crippen LogP contribution in [0.1, 0.15) is 18.1 Å². The summed E-state index contributed by atoms with van der Waals surface area (Å²) in [5.41, 5.74) is 2.07. The molecule has 0 fully saturated rings. The summed E-state index contributed by atoms with van der Waals surface area (Å²) in [6, 6.07) is 13.4. The second-order valence-corrected chi connectivity index (χ2v) is 7.46. The fourth-order valence-corrected chi connectivity index (χ4v) is 2.90. The largest absolute Gasteiger partial charge is 0.357 e. The summed E-state index contributed by atoms with van der Waals surface area (Å²) in [6.07, 6.45) is 1.11. The van der Waals surface area contributed by atoms with Crippen LogP contribution < -0.4 is 15.4 Å². The van der Waals surface area contributed by atoms with E-state index < -0.39 is 10.0 Å². The van der Waals surface area contributed by atoms with Crippen molar-refractivity contribution in [1.29, 1.82) is 0 Å². The number of aliphatic imine (C=N–C) groups is 1. The molecule has 0 bridgehead atoms. The van der Waals surface area contributed by atoms with Gasteiger partial charge in [0.05, 0.1) is 18.5 Å². The molecule has 3 N–H and O–H groups in total. The lowest BCUT2D eigenvalue weighted by molar-refractivity contribution is 0.606.